The van der Waals surface area contributed by atoms with Crippen molar-refractivity contribution < 1.29 is 4.89 Å². The van der Waals surface area contributed by atoms with E-state index in [4.69, 9.17) is 4.89 Å². The van der Waals surface area contributed by atoms with Gasteiger partial charge in [0.2, 0.25) is 0 Å². The first-order valence-corrected chi connectivity index (χ1v) is 5.57. The minimum Gasteiger partial charge on any atom is -0.361 e. The highest BCUT2D eigenvalue weighted by Crippen LogP contribution is 2.08. The Bertz CT molecular complexity index is 110. The SMILES string of the molecule is CC(C)NCN(CNC(C)C)PO. The van der Waals surface area contributed by atoms with Gasteiger partial charge in [-0.2, -0.15) is 0 Å². The maximum absolute atomic E-state index is 9.03. The lowest BCUT2D eigenvalue weighted by atomic mass is 10.4. The standard InChI is InChI=1S/C8H22N3OP/c1-7(2)9-5-11(13-12)6-10-8(3)4/h7-10,12-13H,5-6H2,1-4H3. The van der Waals surface area contributed by atoms with Gasteiger partial charge in [0.1, 0.15) is 0 Å². The van der Waals surface area contributed by atoms with E-state index in [2.05, 4.69) is 38.3 Å². The highest BCUT2D eigenvalue weighted by Gasteiger charge is 2.03. The molecule has 0 aromatic carbocycles. The van der Waals surface area contributed by atoms with Gasteiger partial charge in [0.25, 0.3) is 0 Å². The highest BCUT2D eigenvalue weighted by molar-refractivity contribution is 7.28. The molecule has 0 saturated carbocycles. The summed E-state index contributed by atoms with van der Waals surface area (Å²) in [6.45, 7) is 9.82. The number of nitrogens with one attached hydrogen (secondary N) is 2. The van der Waals surface area contributed by atoms with Crippen LogP contribution in [0.1, 0.15) is 27.7 Å². The van der Waals surface area contributed by atoms with Crippen LogP contribution in [-0.4, -0.2) is 35.0 Å². The average molecular weight is 207 g/mol. The summed E-state index contributed by atoms with van der Waals surface area (Å²) in [6.07, 6.45) is 0. The Morgan fingerprint density at radius 2 is 1.46 bits per heavy atom. The molecule has 0 heterocycles. The third-order valence-electron chi connectivity index (χ3n) is 1.52. The minimum atomic E-state index is -0.144. The summed E-state index contributed by atoms with van der Waals surface area (Å²) in [5.74, 6) is 0. The van der Waals surface area contributed by atoms with Crippen LogP contribution in [0, 0.1) is 0 Å². The third-order valence-corrected chi connectivity index (χ3v) is 2.12. The van der Waals surface area contributed by atoms with E-state index in [1.165, 1.54) is 0 Å². The molecule has 0 aromatic rings. The number of hydrogen-bond acceptors (Lipinski definition) is 4. The lowest BCUT2D eigenvalue weighted by Gasteiger charge is -2.22. The fraction of sp³-hybridized carbons (Fsp3) is 1.00. The largest absolute Gasteiger partial charge is 0.361 e. The van der Waals surface area contributed by atoms with Crippen LogP contribution in [0.15, 0.2) is 0 Å². The Balaban J connectivity index is 3.51. The van der Waals surface area contributed by atoms with Crippen LogP contribution in [0.3, 0.4) is 0 Å². The lowest BCUT2D eigenvalue weighted by molar-refractivity contribution is 0.336. The van der Waals surface area contributed by atoms with Crippen molar-refractivity contribution >= 4 is 8.96 Å². The van der Waals surface area contributed by atoms with Crippen molar-refractivity contribution in [1.29, 1.82) is 0 Å². The molecule has 0 aliphatic heterocycles. The molecule has 0 saturated heterocycles. The predicted octanol–water partition coefficient (Wildman–Crippen LogP) is 0.700. The minimum absolute atomic E-state index is 0.144. The van der Waals surface area contributed by atoms with Crippen LogP contribution in [0.2, 0.25) is 0 Å². The fourth-order valence-electron chi connectivity index (χ4n) is 0.712. The first kappa shape index (κ1) is 13.3. The average Bonchev–Trinajstić information content (AvgIpc) is 2.04. The monoisotopic (exact) mass is 207 g/mol. The smallest absolute Gasteiger partial charge is 0.0875 e. The van der Waals surface area contributed by atoms with Gasteiger partial charge in [-0.3, -0.25) is 0 Å². The Hall–Kier alpha value is 0.270. The van der Waals surface area contributed by atoms with Gasteiger partial charge in [-0.1, -0.05) is 0 Å². The van der Waals surface area contributed by atoms with Crippen molar-refractivity contribution in [2.75, 3.05) is 13.3 Å². The van der Waals surface area contributed by atoms with Gasteiger partial charge in [0.15, 0.2) is 0 Å². The van der Waals surface area contributed by atoms with E-state index < -0.39 is 0 Å². The van der Waals surface area contributed by atoms with E-state index >= 15 is 0 Å². The summed E-state index contributed by atoms with van der Waals surface area (Å²) >= 11 is 0. The predicted molar refractivity (Wildman–Crippen MR) is 58.7 cm³/mol. The molecule has 80 valence electrons. The number of rotatable bonds is 7. The Kier molecular flexibility index (Phi) is 7.81. The van der Waals surface area contributed by atoms with E-state index in [1.807, 2.05) is 4.67 Å². The molecule has 0 fully saturated rings. The second-order valence-electron chi connectivity index (χ2n) is 3.67. The Morgan fingerprint density at radius 3 is 1.69 bits per heavy atom. The first-order valence-electron chi connectivity index (χ1n) is 4.67. The molecule has 1 unspecified atom stereocenters. The molecule has 0 rings (SSSR count). The molecule has 0 aliphatic carbocycles. The Labute approximate surface area is 83.0 Å². The fourth-order valence-corrected chi connectivity index (χ4v) is 1.04. The van der Waals surface area contributed by atoms with Gasteiger partial charge in [-0.25, -0.2) is 4.67 Å². The van der Waals surface area contributed by atoms with Crippen LogP contribution in [0.25, 0.3) is 0 Å². The molecule has 5 heteroatoms. The van der Waals surface area contributed by atoms with Crippen molar-refractivity contribution in [3.63, 3.8) is 0 Å². The zero-order chi connectivity index (χ0) is 10.3. The van der Waals surface area contributed by atoms with Gasteiger partial charge in [0.05, 0.1) is 22.3 Å². The van der Waals surface area contributed by atoms with E-state index in [9.17, 15) is 0 Å². The number of hydrogen-bond donors (Lipinski definition) is 3. The van der Waals surface area contributed by atoms with Crippen LogP contribution >= 0.6 is 8.96 Å². The molecule has 0 aliphatic rings. The van der Waals surface area contributed by atoms with Gasteiger partial charge in [-0.05, 0) is 27.7 Å². The molecule has 13 heavy (non-hydrogen) atoms. The molecular formula is C8H22N3OP. The quantitative estimate of drug-likeness (QED) is 0.425. The molecular weight excluding hydrogens is 185 g/mol. The topological polar surface area (TPSA) is 47.5 Å². The van der Waals surface area contributed by atoms with E-state index in [-0.39, 0.29) is 8.96 Å². The van der Waals surface area contributed by atoms with E-state index in [0.717, 1.165) is 13.3 Å². The lowest BCUT2D eigenvalue weighted by Crippen LogP contribution is -2.39. The van der Waals surface area contributed by atoms with E-state index in [0.29, 0.717) is 12.1 Å². The van der Waals surface area contributed by atoms with Gasteiger partial charge >= 0.3 is 0 Å². The molecule has 0 aromatic heterocycles. The van der Waals surface area contributed by atoms with Gasteiger partial charge < -0.3 is 15.5 Å². The summed E-state index contributed by atoms with van der Waals surface area (Å²) in [5.41, 5.74) is 0. The summed E-state index contributed by atoms with van der Waals surface area (Å²) in [7, 11) is -0.144. The van der Waals surface area contributed by atoms with Gasteiger partial charge in [-0.15, -0.1) is 0 Å². The second-order valence-corrected chi connectivity index (χ2v) is 4.51. The zero-order valence-corrected chi connectivity index (χ0v) is 9.96. The van der Waals surface area contributed by atoms with Gasteiger partial charge in [0, 0.05) is 12.1 Å². The first-order chi connectivity index (χ1) is 6.06. The molecule has 1 atom stereocenters. The van der Waals surface area contributed by atoms with E-state index in [1.54, 1.807) is 0 Å². The van der Waals surface area contributed by atoms with Crippen molar-refractivity contribution in [3.8, 4) is 0 Å². The zero-order valence-electron chi connectivity index (χ0n) is 8.96. The molecule has 0 bridgehead atoms. The third kappa shape index (κ3) is 8.60. The molecule has 4 nitrogen and oxygen atoms in total. The number of nitrogens with zero attached hydrogens (tertiary/aromatic N) is 1. The van der Waals surface area contributed by atoms with Crippen LogP contribution < -0.4 is 10.6 Å². The van der Waals surface area contributed by atoms with Crippen LogP contribution in [-0.2, 0) is 0 Å². The maximum Gasteiger partial charge on any atom is 0.0875 e. The van der Waals surface area contributed by atoms with Crippen LogP contribution in [0.5, 0.6) is 0 Å². The summed E-state index contributed by atoms with van der Waals surface area (Å²) in [5, 5.41) is 6.51. The van der Waals surface area contributed by atoms with Crippen molar-refractivity contribution in [2.45, 2.75) is 39.8 Å². The summed E-state index contributed by atoms with van der Waals surface area (Å²) < 4.78 is 1.93. The molecule has 0 amide bonds. The molecule has 0 spiro atoms. The van der Waals surface area contributed by atoms with Crippen molar-refractivity contribution in [3.05, 3.63) is 0 Å². The second kappa shape index (κ2) is 7.65. The van der Waals surface area contributed by atoms with Crippen LogP contribution in [0.4, 0.5) is 0 Å². The maximum atomic E-state index is 9.03. The van der Waals surface area contributed by atoms with Crippen molar-refractivity contribution in [2.24, 2.45) is 0 Å². The normalized spacial score (nSPS) is 12.9. The van der Waals surface area contributed by atoms with Crippen molar-refractivity contribution in [1.82, 2.24) is 15.3 Å². The molecule has 0 radical (unpaired) electrons. The summed E-state index contributed by atoms with van der Waals surface area (Å²) in [6, 6.07) is 0.913. The Morgan fingerprint density at radius 1 is 1.08 bits per heavy atom. The highest BCUT2D eigenvalue weighted by atomic mass is 31.1. The summed E-state index contributed by atoms with van der Waals surface area (Å²) in [4.78, 5) is 9.03. The molecule has 3 N–H and O–H groups in total.